The summed E-state index contributed by atoms with van der Waals surface area (Å²) in [6.45, 7) is 1.69. The summed E-state index contributed by atoms with van der Waals surface area (Å²) in [5.41, 5.74) is 1.35. The Hall–Kier alpha value is -3.04. The van der Waals surface area contributed by atoms with Crippen molar-refractivity contribution >= 4 is 32.3 Å². The first kappa shape index (κ1) is 18.3. The number of nitro benzene ring substituents is 1. The Bertz CT molecular complexity index is 1120. The Morgan fingerprint density at radius 1 is 0.929 bits per heavy atom. The lowest BCUT2D eigenvalue weighted by molar-refractivity contribution is -0.384. The first-order chi connectivity index (χ1) is 13.5. The summed E-state index contributed by atoms with van der Waals surface area (Å²) in [7, 11) is -3.66. The number of nitrogens with zero attached hydrogens (tertiary/aromatic N) is 4. The molecule has 0 amide bonds. The molecule has 0 N–H and O–H groups in total. The summed E-state index contributed by atoms with van der Waals surface area (Å²) in [5, 5.41) is 11.6. The first-order valence-electron chi connectivity index (χ1n) is 8.80. The smallest absolute Gasteiger partial charge is 0.269 e. The van der Waals surface area contributed by atoms with Crippen LogP contribution in [0.15, 0.2) is 65.7 Å². The highest BCUT2D eigenvalue weighted by Gasteiger charge is 2.30. The molecule has 4 rings (SSSR count). The van der Waals surface area contributed by atoms with Gasteiger partial charge in [0.05, 0.1) is 10.4 Å². The van der Waals surface area contributed by atoms with Gasteiger partial charge in [0.1, 0.15) is 4.90 Å². The number of anilines is 1. The number of aromatic nitrogens is 1. The van der Waals surface area contributed by atoms with Gasteiger partial charge in [0.2, 0.25) is 10.0 Å². The highest BCUT2D eigenvalue weighted by atomic mass is 32.2. The van der Waals surface area contributed by atoms with Crippen molar-refractivity contribution in [2.24, 2.45) is 0 Å². The van der Waals surface area contributed by atoms with E-state index in [4.69, 9.17) is 0 Å². The zero-order chi connectivity index (χ0) is 19.7. The van der Waals surface area contributed by atoms with Crippen LogP contribution in [0.5, 0.6) is 0 Å². The van der Waals surface area contributed by atoms with Crippen molar-refractivity contribution < 1.29 is 13.3 Å². The van der Waals surface area contributed by atoms with Crippen molar-refractivity contribution in [3.8, 4) is 0 Å². The van der Waals surface area contributed by atoms with Gasteiger partial charge in [0.15, 0.2) is 0 Å². The fourth-order valence-electron chi connectivity index (χ4n) is 3.40. The molecule has 8 nitrogen and oxygen atoms in total. The van der Waals surface area contributed by atoms with E-state index in [1.165, 1.54) is 16.4 Å². The minimum Gasteiger partial charge on any atom is -0.369 e. The summed E-state index contributed by atoms with van der Waals surface area (Å²) < 4.78 is 27.8. The lowest BCUT2D eigenvalue weighted by atomic mass is 10.2. The van der Waals surface area contributed by atoms with Crippen LogP contribution in [-0.4, -0.2) is 48.8 Å². The zero-order valence-electron chi connectivity index (χ0n) is 14.9. The van der Waals surface area contributed by atoms with Crippen LogP contribution in [0.1, 0.15) is 0 Å². The van der Waals surface area contributed by atoms with E-state index in [1.807, 2.05) is 17.0 Å². The molecule has 28 heavy (non-hydrogen) atoms. The lowest BCUT2D eigenvalue weighted by Gasteiger charge is -2.35. The predicted molar refractivity (Wildman–Crippen MR) is 106 cm³/mol. The van der Waals surface area contributed by atoms with Gasteiger partial charge in [-0.15, -0.1) is 0 Å². The van der Waals surface area contributed by atoms with Crippen LogP contribution in [-0.2, 0) is 10.0 Å². The van der Waals surface area contributed by atoms with E-state index in [-0.39, 0.29) is 10.6 Å². The number of rotatable bonds is 4. The third-order valence-electron chi connectivity index (χ3n) is 4.88. The van der Waals surface area contributed by atoms with Gasteiger partial charge in [0, 0.05) is 55.6 Å². The molecule has 2 heterocycles. The summed E-state index contributed by atoms with van der Waals surface area (Å²) >= 11 is 0. The fourth-order valence-corrected chi connectivity index (χ4v) is 4.98. The number of benzene rings is 2. The van der Waals surface area contributed by atoms with Crippen LogP contribution in [0.3, 0.4) is 0 Å². The summed E-state index contributed by atoms with van der Waals surface area (Å²) in [6.07, 6.45) is 1.59. The second-order valence-electron chi connectivity index (χ2n) is 6.50. The van der Waals surface area contributed by atoms with Crippen molar-refractivity contribution in [1.29, 1.82) is 0 Å². The minimum atomic E-state index is -3.66. The molecule has 1 aliphatic rings. The summed E-state index contributed by atoms with van der Waals surface area (Å²) in [4.78, 5) is 16.8. The number of para-hydroxylation sites is 1. The van der Waals surface area contributed by atoms with E-state index in [2.05, 4.69) is 4.98 Å². The van der Waals surface area contributed by atoms with Crippen molar-refractivity contribution in [1.82, 2.24) is 9.29 Å². The van der Waals surface area contributed by atoms with Gasteiger partial charge >= 0.3 is 0 Å². The maximum atomic E-state index is 13.2. The number of nitro groups is 1. The maximum absolute atomic E-state index is 13.2. The van der Waals surface area contributed by atoms with Crippen LogP contribution >= 0.6 is 0 Å². The normalized spacial score (nSPS) is 15.6. The van der Waals surface area contributed by atoms with Gasteiger partial charge in [-0.1, -0.05) is 18.2 Å². The molecule has 0 saturated carbocycles. The van der Waals surface area contributed by atoms with E-state index >= 15 is 0 Å². The van der Waals surface area contributed by atoms with E-state index in [1.54, 1.807) is 36.5 Å². The average Bonchev–Trinajstić information content (AvgIpc) is 2.73. The van der Waals surface area contributed by atoms with Crippen LogP contribution in [0.2, 0.25) is 0 Å². The molecule has 0 atom stereocenters. The molecule has 0 radical (unpaired) electrons. The molecule has 0 unspecified atom stereocenters. The second-order valence-corrected chi connectivity index (χ2v) is 8.40. The van der Waals surface area contributed by atoms with Crippen LogP contribution in [0, 0.1) is 10.1 Å². The second kappa shape index (κ2) is 7.17. The molecule has 1 saturated heterocycles. The highest BCUT2D eigenvalue weighted by Crippen LogP contribution is 2.26. The minimum absolute atomic E-state index is 0.0356. The van der Waals surface area contributed by atoms with Gasteiger partial charge in [-0.3, -0.25) is 15.1 Å². The maximum Gasteiger partial charge on any atom is 0.269 e. The zero-order valence-corrected chi connectivity index (χ0v) is 15.7. The summed E-state index contributed by atoms with van der Waals surface area (Å²) in [6, 6.07) is 15.1. The quantitative estimate of drug-likeness (QED) is 0.495. The molecule has 1 fully saturated rings. The molecule has 0 aliphatic carbocycles. The molecule has 0 spiro atoms. The van der Waals surface area contributed by atoms with E-state index in [0.717, 1.165) is 11.1 Å². The van der Waals surface area contributed by atoms with Crippen LogP contribution in [0.4, 0.5) is 11.4 Å². The Balaban J connectivity index is 1.53. The monoisotopic (exact) mass is 398 g/mol. The van der Waals surface area contributed by atoms with Gasteiger partial charge < -0.3 is 4.90 Å². The van der Waals surface area contributed by atoms with E-state index in [9.17, 15) is 18.5 Å². The lowest BCUT2D eigenvalue weighted by Crippen LogP contribution is -2.48. The number of sulfonamides is 1. The van der Waals surface area contributed by atoms with Gasteiger partial charge in [0.25, 0.3) is 5.69 Å². The van der Waals surface area contributed by atoms with Crippen LogP contribution in [0.25, 0.3) is 10.9 Å². The third kappa shape index (κ3) is 3.30. The fraction of sp³-hybridized carbons (Fsp3) is 0.211. The Kier molecular flexibility index (Phi) is 4.70. The Labute approximate surface area is 162 Å². The molecule has 1 aliphatic heterocycles. The largest absolute Gasteiger partial charge is 0.369 e. The number of pyridine rings is 1. The number of hydrogen-bond donors (Lipinski definition) is 0. The van der Waals surface area contributed by atoms with Gasteiger partial charge in [-0.2, -0.15) is 4.31 Å². The Morgan fingerprint density at radius 2 is 1.61 bits per heavy atom. The first-order valence-corrected chi connectivity index (χ1v) is 10.2. The molecule has 9 heteroatoms. The molecule has 0 bridgehead atoms. The number of piperazine rings is 1. The van der Waals surface area contributed by atoms with Crippen molar-refractivity contribution in [3.63, 3.8) is 0 Å². The van der Waals surface area contributed by atoms with Gasteiger partial charge in [-0.05, 0) is 24.3 Å². The number of hydrogen-bond acceptors (Lipinski definition) is 6. The number of non-ortho nitro benzene ring substituents is 1. The Morgan fingerprint density at radius 3 is 2.29 bits per heavy atom. The van der Waals surface area contributed by atoms with Crippen molar-refractivity contribution in [2.45, 2.75) is 4.90 Å². The van der Waals surface area contributed by atoms with Crippen LogP contribution < -0.4 is 4.90 Å². The highest BCUT2D eigenvalue weighted by molar-refractivity contribution is 7.89. The molecule has 1 aromatic heterocycles. The number of fused-ring (bicyclic) bond motifs is 1. The molecule has 2 aromatic carbocycles. The van der Waals surface area contributed by atoms with E-state index < -0.39 is 14.9 Å². The van der Waals surface area contributed by atoms with Gasteiger partial charge in [-0.25, -0.2) is 8.42 Å². The molecule has 3 aromatic rings. The third-order valence-corrected chi connectivity index (χ3v) is 6.81. The molecular formula is C19H18N4O4S. The topological polar surface area (TPSA) is 96.6 Å². The standard InChI is InChI=1S/C19H18N4O4S/c24-23(25)17-8-6-16(7-9-17)21-11-13-22(14-12-21)28(26,27)18-5-1-3-15-4-2-10-20-19(15)18/h1-10H,11-14H2. The van der Waals surface area contributed by atoms with E-state index in [0.29, 0.717) is 31.7 Å². The summed E-state index contributed by atoms with van der Waals surface area (Å²) in [5.74, 6) is 0. The molecule has 144 valence electrons. The predicted octanol–water partition coefficient (Wildman–Crippen LogP) is 2.65. The SMILES string of the molecule is O=[N+]([O-])c1ccc(N2CCN(S(=O)(=O)c3cccc4cccnc34)CC2)cc1. The average molecular weight is 398 g/mol. The van der Waals surface area contributed by atoms with Crippen molar-refractivity contribution in [3.05, 3.63) is 70.9 Å². The molecular weight excluding hydrogens is 380 g/mol. The van der Waals surface area contributed by atoms with Crippen molar-refractivity contribution in [2.75, 3.05) is 31.1 Å².